The van der Waals surface area contributed by atoms with E-state index in [1.807, 2.05) is 4.72 Å². The molecule has 3 rings (SSSR count). The first-order valence-corrected chi connectivity index (χ1v) is 8.94. The lowest BCUT2D eigenvalue weighted by Gasteiger charge is -2.11. The molecule has 0 bridgehead atoms. The van der Waals surface area contributed by atoms with Crippen LogP contribution in [0.15, 0.2) is 35.6 Å². The molecule has 0 fully saturated rings. The Kier molecular flexibility index (Phi) is 4.82. The van der Waals surface area contributed by atoms with E-state index in [4.69, 9.17) is 0 Å². The van der Waals surface area contributed by atoms with Crippen molar-refractivity contribution in [2.24, 2.45) is 0 Å². The van der Waals surface area contributed by atoms with E-state index in [-0.39, 0.29) is 4.90 Å². The highest BCUT2D eigenvalue weighted by atomic mass is 32.2. The second-order valence-corrected chi connectivity index (χ2v) is 7.20. The standard InChI is InChI=1S/C13H8F4N4O3S2/c14-7-3-11(24-13(16)17)8(15)2-9(7)21-26(22,23)6-1-10(18-4-6)12-19-5-20-25-12/h1-5,13,18,21H. The second-order valence-electron chi connectivity index (χ2n) is 4.74. The Morgan fingerprint density at radius 2 is 1.96 bits per heavy atom. The predicted molar refractivity (Wildman–Crippen MR) is 83.5 cm³/mol. The zero-order valence-corrected chi connectivity index (χ0v) is 14.0. The number of nitrogens with one attached hydrogen (secondary N) is 2. The van der Waals surface area contributed by atoms with Crippen LogP contribution in [-0.2, 0) is 10.0 Å². The Morgan fingerprint density at radius 3 is 2.62 bits per heavy atom. The minimum Gasteiger partial charge on any atom is -0.432 e. The highest BCUT2D eigenvalue weighted by Crippen LogP contribution is 2.29. The van der Waals surface area contributed by atoms with Gasteiger partial charge < -0.3 is 9.72 Å². The third kappa shape index (κ3) is 3.77. The van der Waals surface area contributed by atoms with E-state index >= 15 is 0 Å². The Balaban J connectivity index is 1.87. The molecule has 0 saturated heterocycles. The molecule has 3 aromatic rings. The van der Waals surface area contributed by atoms with Crippen molar-refractivity contribution in [2.45, 2.75) is 11.5 Å². The van der Waals surface area contributed by atoms with Crippen molar-refractivity contribution in [3.63, 3.8) is 0 Å². The van der Waals surface area contributed by atoms with Gasteiger partial charge in [-0.2, -0.15) is 13.2 Å². The maximum atomic E-state index is 13.9. The van der Waals surface area contributed by atoms with Gasteiger partial charge in [-0.3, -0.25) is 4.72 Å². The van der Waals surface area contributed by atoms with E-state index in [1.165, 1.54) is 12.4 Å². The van der Waals surface area contributed by atoms with Gasteiger partial charge in [-0.1, -0.05) is 0 Å². The molecule has 0 unspecified atom stereocenters. The Hall–Kier alpha value is -2.67. The van der Waals surface area contributed by atoms with Crippen molar-refractivity contribution < 1.29 is 30.7 Å². The average molecular weight is 408 g/mol. The quantitative estimate of drug-likeness (QED) is 0.611. The molecule has 0 saturated carbocycles. The van der Waals surface area contributed by atoms with Gasteiger partial charge in [0.25, 0.3) is 10.0 Å². The smallest absolute Gasteiger partial charge is 0.387 e. The first-order chi connectivity index (χ1) is 12.3. The topological polar surface area (TPSA) is 97.0 Å². The van der Waals surface area contributed by atoms with Gasteiger partial charge in [-0.25, -0.2) is 22.2 Å². The normalized spacial score (nSPS) is 11.7. The van der Waals surface area contributed by atoms with Gasteiger partial charge in [0, 0.05) is 18.3 Å². The molecule has 0 aliphatic carbocycles. The van der Waals surface area contributed by atoms with E-state index < -0.39 is 39.7 Å². The third-order valence-corrected chi connectivity index (χ3v) is 5.08. The number of aromatic amines is 1. The lowest BCUT2D eigenvalue weighted by molar-refractivity contribution is -0.0523. The largest absolute Gasteiger partial charge is 0.432 e. The molecule has 13 heteroatoms. The number of aromatic nitrogens is 3. The van der Waals surface area contributed by atoms with Crippen molar-refractivity contribution in [3.05, 3.63) is 42.4 Å². The van der Waals surface area contributed by atoms with Crippen LogP contribution < -0.4 is 9.46 Å². The van der Waals surface area contributed by atoms with Crippen LogP contribution in [0, 0.1) is 11.6 Å². The lowest BCUT2D eigenvalue weighted by atomic mass is 10.3. The number of sulfonamides is 1. The fourth-order valence-corrected chi connectivity index (χ4v) is 3.50. The van der Waals surface area contributed by atoms with Crippen LogP contribution in [0.3, 0.4) is 0 Å². The molecule has 138 valence electrons. The van der Waals surface area contributed by atoms with Crippen LogP contribution in [0.2, 0.25) is 0 Å². The number of alkyl halides is 2. The molecular formula is C13H8F4N4O3S2. The van der Waals surface area contributed by atoms with Crippen LogP contribution >= 0.6 is 11.5 Å². The molecule has 26 heavy (non-hydrogen) atoms. The van der Waals surface area contributed by atoms with E-state index in [0.29, 0.717) is 22.8 Å². The van der Waals surface area contributed by atoms with Crippen molar-refractivity contribution in [1.29, 1.82) is 0 Å². The molecule has 0 spiro atoms. The van der Waals surface area contributed by atoms with Crippen LogP contribution in [-0.4, -0.2) is 29.4 Å². The summed E-state index contributed by atoms with van der Waals surface area (Å²) >= 11 is 1.02. The summed E-state index contributed by atoms with van der Waals surface area (Å²) in [5.41, 5.74) is -0.400. The van der Waals surface area contributed by atoms with Gasteiger partial charge in [0.15, 0.2) is 22.4 Å². The minimum absolute atomic E-state index is 0.268. The molecule has 2 aromatic heterocycles. The zero-order chi connectivity index (χ0) is 18.9. The summed E-state index contributed by atoms with van der Waals surface area (Å²) in [4.78, 5) is 6.31. The summed E-state index contributed by atoms with van der Waals surface area (Å²) < 4.78 is 85.8. The fraction of sp³-hybridized carbons (Fsp3) is 0.0769. The van der Waals surface area contributed by atoms with Crippen molar-refractivity contribution >= 4 is 27.2 Å². The fourth-order valence-electron chi connectivity index (χ4n) is 1.94. The summed E-state index contributed by atoms with van der Waals surface area (Å²) in [5.74, 6) is -3.68. The number of hydrogen-bond acceptors (Lipinski definition) is 6. The summed E-state index contributed by atoms with van der Waals surface area (Å²) in [6.07, 6.45) is 2.41. The van der Waals surface area contributed by atoms with E-state index in [9.17, 15) is 26.0 Å². The maximum absolute atomic E-state index is 13.9. The van der Waals surface area contributed by atoms with Crippen LogP contribution in [0.4, 0.5) is 23.2 Å². The third-order valence-electron chi connectivity index (χ3n) is 3.04. The number of H-pyrrole nitrogens is 1. The zero-order valence-electron chi connectivity index (χ0n) is 12.4. The van der Waals surface area contributed by atoms with Crippen molar-refractivity contribution in [3.8, 4) is 16.5 Å². The molecule has 0 aliphatic rings. The number of halogens is 4. The molecular weight excluding hydrogens is 400 g/mol. The number of hydrogen-bond donors (Lipinski definition) is 2. The number of rotatable bonds is 6. The van der Waals surface area contributed by atoms with E-state index in [1.54, 1.807) is 0 Å². The number of anilines is 1. The Bertz CT molecular complexity index is 1020. The van der Waals surface area contributed by atoms with Crippen LogP contribution in [0.25, 0.3) is 10.7 Å². The number of ether oxygens (including phenoxy) is 1. The molecule has 0 radical (unpaired) electrons. The van der Waals surface area contributed by atoms with Crippen LogP contribution in [0.1, 0.15) is 0 Å². The Morgan fingerprint density at radius 1 is 1.19 bits per heavy atom. The van der Waals surface area contributed by atoms with Crippen molar-refractivity contribution in [2.75, 3.05) is 4.72 Å². The van der Waals surface area contributed by atoms with E-state index in [2.05, 4.69) is 19.1 Å². The van der Waals surface area contributed by atoms with Gasteiger partial charge in [0.2, 0.25) is 0 Å². The summed E-state index contributed by atoms with van der Waals surface area (Å²) in [6, 6.07) is 1.96. The first kappa shape index (κ1) is 18.1. The predicted octanol–water partition coefficient (Wildman–Crippen LogP) is 3.21. The highest BCUT2D eigenvalue weighted by Gasteiger charge is 2.21. The van der Waals surface area contributed by atoms with Crippen molar-refractivity contribution in [1.82, 2.24) is 14.3 Å². The monoisotopic (exact) mass is 408 g/mol. The molecule has 2 N–H and O–H groups in total. The molecule has 7 nitrogen and oxygen atoms in total. The van der Waals surface area contributed by atoms with Gasteiger partial charge in [0.05, 0.1) is 11.4 Å². The van der Waals surface area contributed by atoms with Gasteiger partial charge >= 0.3 is 6.61 Å². The Labute approximate surface area is 147 Å². The second kappa shape index (κ2) is 6.92. The highest BCUT2D eigenvalue weighted by molar-refractivity contribution is 7.92. The number of benzene rings is 1. The minimum atomic E-state index is -4.28. The number of nitrogens with zero attached hydrogens (tertiary/aromatic N) is 2. The average Bonchev–Trinajstić information content (AvgIpc) is 3.22. The molecule has 1 aromatic carbocycles. The maximum Gasteiger partial charge on any atom is 0.387 e. The van der Waals surface area contributed by atoms with Gasteiger partial charge in [-0.05, 0) is 17.6 Å². The summed E-state index contributed by atoms with van der Waals surface area (Å²) in [5, 5.41) is 0.428. The molecule has 0 amide bonds. The first-order valence-electron chi connectivity index (χ1n) is 6.68. The van der Waals surface area contributed by atoms with Gasteiger partial charge in [0.1, 0.15) is 11.2 Å². The van der Waals surface area contributed by atoms with E-state index in [0.717, 1.165) is 17.7 Å². The summed E-state index contributed by atoms with van der Waals surface area (Å²) in [7, 11) is -4.28. The molecule has 0 aliphatic heterocycles. The molecule has 2 heterocycles. The lowest BCUT2D eigenvalue weighted by Crippen LogP contribution is -2.14. The van der Waals surface area contributed by atoms with Crippen LogP contribution in [0.5, 0.6) is 5.75 Å². The SMILES string of the molecule is O=S(=O)(Nc1cc(F)c(OC(F)F)cc1F)c1c[nH]c(-c2ncns2)c1. The summed E-state index contributed by atoms with van der Waals surface area (Å²) in [6.45, 7) is -3.36. The molecule has 0 atom stereocenters. The van der Waals surface area contributed by atoms with Gasteiger partial charge in [-0.15, -0.1) is 0 Å².